The number of hydrogen-bond acceptors (Lipinski definition) is 5. The molecule has 1 aromatic carbocycles. The molecule has 0 bridgehead atoms. The number of hydrogen-bond donors (Lipinski definition) is 2. The number of sulfonamides is 1. The summed E-state index contributed by atoms with van der Waals surface area (Å²) in [6, 6.07) is 10.2. The third kappa shape index (κ3) is 4.70. The first-order valence-electron chi connectivity index (χ1n) is 7.87. The van der Waals surface area contributed by atoms with Gasteiger partial charge in [-0.3, -0.25) is 4.79 Å². The molecule has 1 amide bonds. The molecule has 0 aliphatic heterocycles. The van der Waals surface area contributed by atoms with Gasteiger partial charge in [-0.15, -0.1) is 0 Å². The van der Waals surface area contributed by atoms with E-state index in [-0.39, 0.29) is 10.0 Å². The third-order valence-electron chi connectivity index (χ3n) is 3.64. The lowest BCUT2D eigenvalue weighted by Crippen LogP contribution is -2.33. The predicted molar refractivity (Wildman–Crippen MR) is 101 cm³/mol. The van der Waals surface area contributed by atoms with Gasteiger partial charge >= 0.3 is 0 Å². The fraction of sp³-hybridized carbons (Fsp3) is 0.118. The van der Waals surface area contributed by atoms with Crippen molar-refractivity contribution in [3.63, 3.8) is 0 Å². The topological polar surface area (TPSA) is 106 Å². The van der Waals surface area contributed by atoms with Crippen LogP contribution in [0.25, 0.3) is 5.69 Å². The number of nitrogens with zero attached hydrogens (tertiary/aromatic N) is 3. The highest BCUT2D eigenvalue weighted by Gasteiger charge is 2.17. The van der Waals surface area contributed by atoms with Gasteiger partial charge in [-0.05, 0) is 48.9 Å². The number of pyridine rings is 1. The van der Waals surface area contributed by atoms with Crippen molar-refractivity contribution in [2.24, 2.45) is 0 Å². The van der Waals surface area contributed by atoms with Gasteiger partial charge in [0.15, 0.2) is 0 Å². The Labute approximate surface area is 161 Å². The van der Waals surface area contributed by atoms with E-state index < -0.39 is 22.5 Å². The summed E-state index contributed by atoms with van der Waals surface area (Å²) in [6.07, 6.45) is 4.61. The van der Waals surface area contributed by atoms with Crippen LogP contribution in [0.4, 0.5) is 5.69 Å². The van der Waals surface area contributed by atoms with Gasteiger partial charge in [0.05, 0.1) is 12.2 Å². The average molecular weight is 406 g/mol. The number of benzene rings is 1. The van der Waals surface area contributed by atoms with Crippen LogP contribution in [0.5, 0.6) is 0 Å². The van der Waals surface area contributed by atoms with Crippen LogP contribution in [0.2, 0.25) is 5.15 Å². The molecule has 3 rings (SSSR count). The summed E-state index contributed by atoms with van der Waals surface area (Å²) in [7, 11) is -3.87. The van der Waals surface area contributed by atoms with Crippen LogP contribution in [0.15, 0.2) is 59.9 Å². The van der Waals surface area contributed by atoms with Crippen molar-refractivity contribution in [2.45, 2.75) is 11.8 Å². The van der Waals surface area contributed by atoms with Gasteiger partial charge in [-0.1, -0.05) is 11.6 Å². The van der Waals surface area contributed by atoms with Crippen molar-refractivity contribution in [2.75, 3.05) is 11.9 Å². The molecule has 0 spiro atoms. The van der Waals surface area contributed by atoms with Crippen LogP contribution >= 0.6 is 11.6 Å². The molecule has 10 heteroatoms. The van der Waals surface area contributed by atoms with Gasteiger partial charge in [0.1, 0.15) is 10.0 Å². The van der Waals surface area contributed by atoms with E-state index in [1.807, 2.05) is 0 Å². The van der Waals surface area contributed by atoms with E-state index in [1.165, 1.54) is 6.07 Å². The lowest BCUT2D eigenvalue weighted by molar-refractivity contribution is -0.115. The van der Waals surface area contributed by atoms with Crippen molar-refractivity contribution in [3.8, 4) is 5.69 Å². The molecule has 2 N–H and O–H groups in total. The van der Waals surface area contributed by atoms with E-state index in [4.69, 9.17) is 11.6 Å². The second-order valence-electron chi connectivity index (χ2n) is 5.65. The monoisotopic (exact) mass is 405 g/mol. The van der Waals surface area contributed by atoms with E-state index in [0.29, 0.717) is 11.3 Å². The Morgan fingerprint density at radius 3 is 2.63 bits per heavy atom. The van der Waals surface area contributed by atoms with Gasteiger partial charge in [0, 0.05) is 24.3 Å². The van der Waals surface area contributed by atoms with Gasteiger partial charge < -0.3 is 5.32 Å². The summed E-state index contributed by atoms with van der Waals surface area (Å²) in [5.41, 5.74) is 1.91. The van der Waals surface area contributed by atoms with Crippen LogP contribution in [0.1, 0.15) is 5.56 Å². The minimum absolute atomic E-state index is 0.0548. The van der Waals surface area contributed by atoms with Crippen molar-refractivity contribution in [3.05, 3.63) is 65.7 Å². The number of carbonyl (C=O) groups excluding carboxylic acids is 1. The molecular weight excluding hydrogens is 390 g/mol. The molecule has 0 atom stereocenters. The number of carbonyl (C=O) groups is 1. The molecule has 0 saturated carbocycles. The highest BCUT2D eigenvalue weighted by Crippen LogP contribution is 2.16. The van der Waals surface area contributed by atoms with E-state index in [1.54, 1.807) is 54.3 Å². The Hall–Kier alpha value is -2.75. The standard InChI is InChI=1S/C17H16ClN5O3S/c1-12-9-15(10-19-17(12)18)27(25,26)21-11-16(24)22-13-3-5-14(6-4-13)23-8-2-7-20-23/h2-10,21H,11H2,1H3,(H,22,24). The zero-order chi connectivity index (χ0) is 19.4. The minimum Gasteiger partial charge on any atom is -0.325 e. The number of halogens is 1. The number of aryl methyl sites for hydroxylation is 1. The molecule has 3 aromatic rings. The quantitative estimate of drug-likeness (QED) is 0.611. The molecule has 0 unspecified atom stereocenters. The van der Waals surface area contributed by atoms with Crippen LogP contribution in [-0.2, 0) is 14.8 Å². The summed E-state index contributed by atoms with van der Waals surface area (Å²) in [6.45, 7) is 1.24. The molecule has 0 aliphatic carbocycles. The van der Waals surface area contributed by atoms with Crippen molar-refractivity contribution >= 4 is 33.2 Å². The van der Waals surface area contributed by atoms with E-state index in [0.717, 1.165) is 11.9 Å². The molecule has 0 aliphatic rings. The fourth-order valence-electron chi connectivity index (χ4n) is 2.25. The maximum absolute atomic E-state index is 12.2. The second-order valence-corrected chi connectivity index (χ2v) is 7.77. The molecule has 140 valence electrons. The van der Waals surface area contributed by atoms with Crippen molar-refractivity contribution in [1.82, 2.24) is 19.5 Å². The van der Waals surface area contributed by atoms with Crippen molar-refractivity contribution in [1.29, 1.82) is 0 Å². The van der Waals surface area contributed by atoms with E-state index in [9.17, 15) is 13.2 Å². The van der Waals surface area contributed by atoms with Crippen LogP contribution in [-0.4, -0.2) is 35.6 Å². The minimum atomic E-state index is -3.87. The second kappa shape index (κ2) is 7.87. The molecule has 0 radical (unpaired) electrons. The number of rotatable bonds is 6. The van der Waals surface area contributed by atoms with Crippen LogP contribution < -0.4 is 10.0 Å². The Morgan fingerprint density at radius 2 is 2.00 bits per heavy atom. The summed E-state index contributed by atoms with van der Waals surface area (Å²) >= 11 is 5.80. The SMILES string of the molecule is Cc1cc(S(=O)(=O)NCC(=O)Nc2ccc(-n3cccn3)cc2)cnc1Cl. The number of anilines is 1. The molecule has 0 saturated heterocycles. The Balaban J connectivity index is 1.59. The van der Waals surface area contributed by atoms with Gasteiger partial charge in [-0.25, -0.2) is 22.8 Å². The molecule has 0 fully saturated rings. The largest absolute Gasteiger partial charge is 0.325 e. The highest BCUT2D eigenvalue weighted by molar-refractivity contribution is 7.89. The van der Waals surface area contributed by atoms with Gasteiger partial charge in [0.2, 0.25) is 15.9 Å². The molecular formula is C17H16ClN5O3S. The Morgan fingerprint density at radius 1 is 1.26 bits per heavy atom. The maximum Gasteiger partial charge on any atom is 0.242 e. The summed E-state index contributed by atoms with van der Waals surface area (Å²) in [5.74, 6) is -0.496. The van der Waals surface area contributed by atoms with E-state index in [2.05, 4.69) is 20.1 Å². The normalized spacial score (nSPS) is 11.3. The maximum atomic E-state index is 12.2. The number of nitrogens with one attached hydrogen (secondary N) is 2. The molecule has 2 heterocycles. The van der Waals surface area contributed by atoms with Crippen LogP contribution in [0, 0.1) is 6.92 Å². The summed E-state index contributed by atoms with van der Waals surface area (Å²) in [5, 5.41) is 6.97. The molecule has 8 nitrogen and oxygen atoms in total. The smallest absolute Gasteiger partial charge is 0.242 e. The zero-order valence-corrected chi connectivity index (χ0v) is 15.8. The lowest BCUT2D eigenvalue weighted by atomic mass is 10.3. The number of amides is 1. The summed E-state index contributed by atoms with van der Waals surface area (Å²) in [4.78, 5) is 15.8. The first kappa shape index (κ1) is 19.0. The number of aromatic nitrogens is 3. The molecule has 2 aromatic heterocycles. The van der Waals surface area contributed by atoms with Gasteiger partial charge in [0.25, 0.3) is 0 Å². The Kier molecular flexibility index (Phi) is 5.54. The zero-order valence-electron chi connectivity index (χ0n) is 14.3. The van der Waals surface area contributed by atoms with Crippen molar-refractivity contribution < 1.29 is 13.2 Å². The fourth-order valence-corrected chi connectivity index (χ4v) is 3.36. The van der Waals surface area contributed by atoms with Gasteiger partial charge in [-0.2, -0.15) is 5.10 Å². The Bertz CT molecular complexity index is 1050. The highest BCUT2D eigenvalue weighted by atomic mass is 35.5. The van der Waals surface area contributed by atoms with Crippen LogP contribution in [0.3, 0.4) is 0 Å². The van der Waals surface area contributed by atoms with E-state index >= 15 is 0 Å². The average Bonchev–Trinajstić information content (AvgIpc) is 3.18. The third-order valence-corrected chi connectivity index (χ3v) is 5.41. The summed E-state index contributed by atoms with van der Waals surface area (Å²) < 4.78 is 28.4. The first-order valence-corrected chi connectivity index (χ1v) is 9.73. The molecule has 27 heavy (non-hydrogen) atoms. The predicted octanol–water partition coefficient (Wildman–Crippen LogP) is 2.15. The lowest BCUT2D eigenvalue weighted by Gasteiger charge is -2.09. The first-order chi connectivity index (χ1) is 12.8.